The maximum Gasteiger partial charge on any atom is 0.285 e. The molecule has 0 atom stereocenters. The molecule has 2 aromatic carbocycles. The molecule has 2 aliphatic rings. The second-order valence-corrected chi connectivity index (χ2v) is 8.64. The molecular weight excluding hydrogens is 382 g/mol. The summed E-state index contributed by atoms with van der Waals surface area (Å²) >= 11 is 6.05. The standard InChI is InChI=1S/C20H20ClN3O2S/c1-15-19(16-6-5-7-17(21)14-16)27(25,26)22-20(15)24-12-10-23(11-13-24)18-8-3-2-4-9-18/h2-9,14H,10-13H2,1H3. The first-order valence-electron chi connectivity index (χ1n) is 8.83. The van der Waals surface area contributed by atoms with Gasteiger partial charge in [0.05, 0.1) is 0 Å². The van der Waals surface area contributed by atoms with Crippen molar-refractivity contribution in [1.29, 1.82) is 0 Å². The number of halogens is 1. The number of anilines is 1. The van der Waals surface area contributed by atoms with Gasteiger partial charge in [-0.3, -0.25) is 0 Å². The summed E-state index contributed by atoms with van der Waals surface area (Å²) in [4.78, 5) is 4.62. The van der Waals surface area contributed by atoms with Crippen LogP contribution in [0.3, 0.4) is 0 Å². The molecule has 2 aromatic rings. The Balaban J connectivity index is 1.58. The Hall–Kier alpha value is -2.31. The lowest BCUT2D eigenvalue weighted by Gasteiger charge is -2.37. The average Bonchev–Trinajstić information content (AvgIpc) is 2.91. The Kier molecular flexibility index (Phi) is 4.70. The fourth-order valence-corrected chi connectivity index (χ4v) is 5.29. The third kappa shape index (κ3) is 3.47. The van der Waals surface area contributed by atoms with Crippen LogP contribution in [0.25, 0.3) is 4.91 Å². The summed E-state index contributed by atoms with van der Waals surface area (Å²) in [5.74, 6) is 0.553. The lowest BCUT2D eigenvalue weighted by atomic mass is 10.1. The third-order valence-corrected chi connectivity index (χ3v) is 6.63. The normalized spacial score (nSPS) is 19.4. The van der Waals surface area contributed by atoms with Gasteiger partial charge in [-0.15, -0.1) is 4.40 Å². The van der Waals surface area contributed by atoms with Crippen LogP contribution in [0.2, 0.25) is 5.02 Å². The van der Waals surface area contributed by atoms with Crippen LogP contribution < -0.4 is 4.90 Å². The van der Waals surface area contributed by atoms with Crippen LogP contribution in [-0.4, -0.2) is 45.3 Å². The number of hydrogen-bond acceptors (Lipinski definition) is 4. The maximum atomic E-state index is 12.7. The number of amidine groups is 1. The van der Waals surface area contributed by atoms with Crippen molar-refractivity contribution < 1.29 is 8.42 Å². The van der Waals surface area contributed by atoms with Gasteiger partial charge in [0.15, 0.2) is 0 Å². The minimum atomic E-state index is -3.72. The Labute approximate surface area is 164 Å². The molecule has 0 N–H and O–H groups in total. The zero-order chi connectivity index (χ0) is 19.0. The summed E-state index contributed by atoms with van der Waals surface area (Å²) in [6.07, 6.45) is 0. The molecule has 140 valence electrons. The van der Waals surface area contributed by atoms with Gasteiger partial charge in [-0.1, -0.05) is 41.9 Å². The second-order valence-electron chi connectivity index (χ2n) is 6.66. The summed E-state index contributed by atoms with van der Waals surface area (Å²) in [5.41, 5.74) is 2.46. The van der Waals surface area contributed by atoms with Crippen molar-refractivity contribution in [2.24, 2.45) is 4.40 Å². The van der Waals surface area contributed by atoms with Crippen molar-refractivity contribution in [3.05, 3.63) is 70.8 Å². The third-order valence-electron chi connectivity index (χ3n) is 4.93. The zero-order valence-electron chi connectivity index (χ0n) is 15.0. The van der Waals surface area contributed by atoms with Crippen LogP contribution in [0, 0.1) is 0 Å². The summed E-state index contributed by atoms with van der Waals surface area (Å²) in [6.45, 7) is 4.92. The topological polar surface area (TPSA) is 53.0 Å². The van der Waals surface area contributed by atoms with Crippen molar-refractivity contribution in [2.45, 2.75) is 6.92 Å². The Morgan fingerprint density at radius 1 is 0.926 bits per heavy atom. The van der Waals surface area contributed by atoms with Crippen molar-refractivity contribution in [3.63, 3.8) is 0 Å². The molecule has 0 spiro atoms. The molecule has 1 saturated heterocycles. The molecule has 0 unspecified atom stereocenters. The highest BCUT2D eigenvalue weighted by atomic mass is 35.5. The molecule has 0 radical (unpaired) electrons. The molecule has 4 rings (SSSR count). The molecule has 0 aliphatic carbocycles. The van der Waals surface area contributed by atoms with E-state index in [0.29, 0.717) is 22.0 Å². The van der Waals surface area contributed by atoms with Crippen molar-refractivity contribution >= 4 is 38.1 Å². The van der Waals surface area contributed by atoms with E-state index in [-0.39, 0.29) is 4.91 Å². The van der Waals surface area contributed by atoms with Gasteiger partial charge in [0, 0.05) is 42.5 Å². The minimum absolute atomic E-state index is 0.255. The molecule has 0 aromatic heterocycles. The van der Waals surface area contributed by atoms with Gasteiger partial charge in [0.2, 0.25) is 0 Å². The lowest BCUT2D eigenvalue weighted by molar-refractivity contribution is 0.387. The van der Waals surface area contributed by atoms with Crippen molar-refractivity contribution in [3.8, 4) is 0 Å². The zero-order valence-corrected chi connectivity index (χ0v) is 16.5. The Morgan fingerprint density at radius 2 is 1.59 bits per heavy atom. The van der Waals surface area contributed by atoms with Crippen LogP contribution in [0.5, 0.6) is 0 Å². The molecule has 0 amide bonds. The molecule has 2 heterocycles. The lowest BCUT2D eigenvalue weighted by Crippen LogP contribution is -2.48. The summed E-state index contributed by atoms with van der Waals surface area (Å²) in [7, 11) is -3.72. The van der Waals surface area contributed by atoms with Gasteiger partial charge >= 0.3 is 0 Å². The molecule has 7 heteroatoms. The molecule has 0 saturated carbocycles. The highest BCUT2D eigenvalue weighted by molar-refractivity contribution is 8.00. The van der Waals surface area contributed by atoms with Gasteiger partial charge in [0.25, 0.3) is 10.0 Å². The van der Waals surface area contributed by atoms with E-state index < -0.39 is 10.0 Å². The number of benzene rings is 2. The molecule has 27 heavy (non-hydrogen) atoms. The predicted molar refractivity (Wildman–Crippen MR) is 111 cm³/mol. The fourth-order valence-electron chi connectivity index (χ4n) is 3.63. The van der Waals surface area contributed by atoms with E-state index in [9.17, 15) is 8.42 Å². The quantitative estimate of drug-likeness (QED) is 0.771. The SMILES string of the molecule is CC1=C(c2cccc(Cl)c2)S(=O)(=O)N=C1N1CCN(c2ccccc2)CC1. The largest absolute Gasteiger partial charge is 0.368 e. The van der Waals surface area contributed by atoms with Gasteiger partial charge < -0.3 is 9.80 Å². The van der Waals surface area contributed by atoms with E-state index in [0.717, 1.165) is 26.2 Å². The van der Waals surface area contributed by atoms with E-state index in [1.54, 1.807) is 24.3 Å². The van der Waals surface area contributed by atoms with Crippen LogP contribution in [0.4, 0.5) is 5.69 Å². The van der Waals surface area contributed by atoms with E-state index in [4.69, 9.17) is 11.6 Å². The number of nitrogens with zero attached hydrogens (tertiary/aromatic N) is 3. The van der Waals surface area contributed by atoms with Gasteiger partial charge in [-0.25, -0.2) is 0 Å². The first-order valence-corrected chi connectivity index (χ1v) is 10.6. The van der Waals surface area contributed by atoms with Crippen LogP contribution in [0.1, 0.15) is 12.5 Å². The van der Waals surface area contributed by atoms with E-state index in [1.165, 1.54) is 5.69 Å². The average molecular weight is 402 g/mol. The smallest absolute Gasteiger partial charge is 0.285 e. The van der Waals surface area contributed by atoms with Gasteiger partial charge in [-0.05, 0) is 36.8 Å². The van der Waals surface area contributed by atoms with E-state index in [2.05, 4.69) is 26.3 Å². The summed E-state index contributed by atoms with van der Waals surface area (Å²) in [5, 5.41) is 0.507. The first kappa shape index (κ1) is 18.1. The maximum absolute atomic E-state index is 12.7. The monoisotopic (exact) mass is 401 g/mol. The van der Waals surface area contributed by atoms with Crippen LogP contribution in [0.15, 0.2) is 64.6 Å². The van der Waals surface area contributed by atoms with Gasteiger partial charge in [0.1, 0.15) is 10.7 Å². The van der Waals surface area contributed by atoms with Crippen molar-refractivity contribution in [2.75, 3.05) is 31.1 Å². The van der Waals surface area contributed by atoms with E-state index >= 15 is 0 Å². The number of hydrogen-bond donors (Lipinski definition) is 0. The molecule has 0 bridgehead atoms. The number of rotatable bonds is 2. The second kappa shape index (κ2) is 7.02. The number of para-hydroxylation sites is 1. The Bertz CT molecular complexity index is 1020. The highest BCUT2D eigenvalue weighted by Crippen LogP contribution is 2.34. The number of piperazine rings is 1. The predicted octanol–water partition coefficient (Wildman–Crippen LogP) is 3.64. The summed E-state index contributed by atoms with van der Waals surface area (Å²) < 4.78 is 29.5. The molecular formula is C20H20ClN3O2S. The van der Waals surface area contributed by atoms with Gasteiger partial charge in [-0.2, -0.15) is 8.42 Å². The van der Waals surface area contributed by atoms with E-state index in [1.807, 2.05) is 25.1 Å². The van der Waals surface area contributed by atoms with Crippen molar-refractivity contribution in [1.82, 2.24) is 4.90 Å². The van der Waals surface area contributed by atoms with Crippen LogP contribution >= 0.6 is 11.6 Å². The molecule has 1 fully saturated rings. The van der Waals surface area contributed by atoms with Crippen LogP contribution in [-0.2, 0) is 10.0 Å². The molecule has 2 aliphatic heterocycles. The number of sulfonamides is 1. The minimum Gasteiger partial charge on any atom is -0.368 e. The molecule has 5 nitrogen and oxygen atoms in total. The summed E-state index contributed by atoms with van der Waals surface area (Å²) in [6, 6.07) is 17.2. The first-order chi connectivity index (χ1) is 13.0. The highest BCUT2D eigenvalue weighted by Gasteiger charge is 2.34. The fraction of sp³-hybridized carbons (Fsp3) is 0.250. The Morgan fingerprint density at radius 3 is 2.26 bits per heavy atom.